The number of thiazole rings is 1. The lowest BCUT2D eigenvalue weighted by atomic mass is 10.3. The molecule has 0 atom stereocenters. The molecule has 6 heteroatoms. The number of likely N-dealkylation sites (N-methyl/N-ethyl adjacent to an activating group) is 1. The molecule has 0 aliphatic heterocycles. The number of hydrogen-bond acceptors (Lipinski definition) is 5. The minimum atomic E-state index is -0.885. The Balaban J connectivity index is 2.02. The second-order valence-electron chi connectivity index (χ2n) is 4.41. The van der Waals surface area contributed by atoms with E-state index in [-0.39, 0.29) is 0 Å². The van der Waals surface area contributed by atoms with Crippen LogP contribution in [0.1, 0.15) is 29.2 Å². The first-order chi connectivity index (χ1) is 9.63. The van der Waals surface area contributed by atoms with E-state index in [1.165, 1.54) is 11.3 Å². The van der Waals surface area contributed by atoms with Gasteiger partial charge in [-0.25, -0.2) is 9.78 Å². The molecule has 0 amide bonds. The smallest absolute Gasteiger partial charge is 0.336 e. The summed E-state index contributed by atoms with van der Waals surface area (Å²) >= 11 is 3.08. The van der Waals surface area contributed by atoms with Crippen LogP contribution in [0.3, 0.4) is 0 Å². The Morgan fingerprint density at radius 2 is 2.05 bits per heavy atom. The predicted molar refractivity (Wildman–Crippen MR) is 83.9 cm³/mol. The zero-order chi connectivity index (χ0) is 14.5. The van der Waals surface area contributed by atoms with Crippen molar-refractivity contribution in [3.63, 3.8) is 0 Å². The molecule has 0 radical (unpaired) electrons. The first kappa shape index (κ1) is 15.2. The minimum absolute atomic E-state index is 0.336. The van der Waals surface area contributed by atoms with E-state index >= 15 is 0 Å². The quantitative estimate of drug-likeness (QED) is 0.851. The highest BCUT2D eigenvalue weighted by molar-refractivity contribution is 7.14. The zero-order valence-corrected chi connectivity index (χ0v) is 13.3. The molecule has 2 heterocycles. The highest BCUT2D eigenvalue weighted by Gasteiger charge is 2.11. The van der Waals surface area contributed by atoms with Gasteiger partial charge in [0.05, 0.1) is 21.1 Å². The topological polar surface area (TPSA) is 53.4 Å². The van der Waals surface area contributed by atoms with Crippen LogP contribution in [0.4, 0.5) is 0 Å². The highest BCUT2D eigenvalue weighted by Crippen LogP contribution is 2.28. The monoisotopic (exact) mass is 310 g/mol. The molecule has 0 unspecified atom stereocenters. The molecule has 0 bridgehead atoms. The Kier molecular flexibility index (Phi) is 5.28. The van der Waals surface area contributed by atoms with Gasteiger partial charge >= 0.3 is 5.97 Å². The second-order valence-corrected chi connectivity index (χ2v) is 6.26. The molecule has 0 saturated heterocycles. The van der Waals surface area contributed by atoms with Gasteiger partial charge in [-0.05, 0) is 19.2 Å². The lowest BCUT2D eigenvalue weighted by Gasteiger charge is -2.16. The van der Waals surface area contributed by atoms with Crippen molar-refractivity contribution in [3.8, 4) is 10.6 Å². The molecule has 0 fully saturated rings. The van der Waals surface area contributed by atoms with Crippen LogP contribution >= 0.6 is 22.7 Å². The van der Waals surface area contributed by atoms with Crippen molar-refractivity contribution < 1.29 is 9.90 Å². The average molecular weight is 310 g/mol. The minimum Gasteiger partial charge on any atom is -0.478 e. The van der Waals surface area contributed by atoms with Crippen molar-refractivity contribution in [1.82, 2.24) is 9.88 Å². The van der Waals surface area contributed by atoms with Crippen LogP contribution in [0, 0.1) is 0 Å². The summed E-state index contributed by atoms with van der Waals surface area (Å²) < 4.78 is 0. The number of aromatic carboxylic acids is 1. The van der Waals surface area contributed by atoms with E-state index < -0.39 is 5.97 Å². The number of carboxylic acid groups (broad SMARTS) is 1. The summed E-state index contributed by atoms with van der Waals surface area (Å²) in [7, 11) is 0. The maximum atomic E-state index is 10.9. The number of nitrogens with zero attached hydrogens (tertiary/aromatic N) is 2. The number of hydrogen-bond donors (Lipinski definition) is 1. The maximum absolute atomic E-state index is 10.9. The van der Waals surface area contributed by atoms with Crippen LogP contribution in [0.25, 0.3) is 10.6 Å². The first-order valence-electron chi connectivity index (χ1n) is 6.63. The van der Waals surface area contributed by atoms with E-state index in [9.17, 15) is 4.79 Å². The van der Waals surface area contributed by atoms with Gasteiger partial charge in [-0.1, -0.05) is 13.8 Å². The fourth-order valence-electron chi connectivity index (χ4n) is 1.92. The summed E-state index contributed by atoms with van der Waals surface area (Å²) in [5, 5.41) is 13.7. The van der Waals surface area contributed by atoms with E-state index in [0.717, 1.165) is 41.6 Å². The zero-order valence-electron chi connectivity index (χ0n) is 11.6. The number of carbonyl (C=O) groups is 1. The van der Waals surface area contributed by atoms with Crippen LogP contribution in [-0.2, 0) is 6.42 Å². The summed E-state index contributed by atoms with van der Waals surface area (Å²) in [6, 6.07) is 1.69. The predicted octanol–water partition coefficient (Wildman–Crippen LogP) is 3.45. The van der Waals surface area contributed by atoms with E-state index in [0.29, 0.717) is 5.56 Å². The van der Waals surface area contributed by atoms with Crippen molar-refractivity contribution in [2.24, 2.45) is 0 Å². The van der Waals surface area contributed by atoms with Crippen LogP contribution in [0.2, 0.25) is 0 Å². The summed E-state index contributed by atoms with van der Waals surface area (Å²) in [5.41, 5.74) is 1.23. The van der Waals surface area contributed by atoms with Gasteiger partial charge in [-0.2, -0.15) is 0 Å². The first-order valence-corrected chi connectivity index (χ1v) is 8.39. The van der Waals surface area contributed by atoms with Crippen molar-refractivity contribution in [3.05, 3.63) is 27.4 Å². The van der Waals surface area contributed by atoms with Crippen molar-refractivity contribution in [1.29, 1.82) is 0 Å². The molecule has 0 aromatic carbocycles. The lowest BCUT2D eigenvalue weighted by Crippen LogP contribution is -2.25. The second kappa shape index (κ2) is 6.97. The van der Waals surface area contributed by atoms with Crippen LogP contribution in [0.5, 0.6) is 0 Å². The van der Waals surface area contributed by atoms with Crippen LogP contribution in [-0.4, -0.2) is 40.6 Å². The van der Waals surface area contributed by atoms with Gasteiger partial charge in [0.2, 0.25) is 0 Å². The van der Waals surface area contributed by atoms with Crippen molar-refractivity contribution in [2.75, 3.05) is 19.6 Å². The van der Waals surface area contributed by atoms with Gasteiger partial charge in [0.25, 0.3) is 0 Å². The molecule has 0 spiro atoms. The van der Waals surface area contributed by atoms with Gasteiger partial charge in [-0.3, -0.25) is 0 Å². The van der Waals surface area contributed by atoms with Gasteiger partial charge in [-0.15, -0.1) is 22.7 Å². The molecule has 108 valence electrons. The largest absolute Gasteiger partial charge is 0.478 e. The van der Waals surface area contributed by atoms with Crippen molar-refractivity contribution in [2.45, 2.75) is 20.3 Å². The number of rotatable bonds is 7. The highest BCUT2D eigenvalue weighted by atomic mass is 32.1. The summed E-state index contributed by atoms with van der Waals surface area (Å²) in [6.07, 6.45) is 0.948. The molecule has 0 aliphatic carbocycles. The number of carboxylic acids is 1. The molecule has 4 nitrogen and oxygen atoms in total. The fourth-order valence-corrected chi connectivity index (χ4v) is 3.62. The molecule has 1 N–H and O–H groups in total. The SMILES string of the molecule is CCN(CC)CCc1nc(-c2cc(C(=O)O)cs2)cs1. The molecule has 2 aromatic heterocycles. The van der Waals surface area contributed by atoms with E-state index in [1.807, 2.05) is 5.38 Å². The Bertz CT molecular complexity index is 573. The molecular formula is C14H18N2O2S2. The Morgan fingerprint density at radius 1 is 1.30 bits per heavy atom. The number of thiophene rings is 1. The maximum Gasteiger partial charge on any atom is 0.336 e. The normalized spacial score (nSPS) is 11.2. The van der Waals surface area contributed by atoms with E-state index in [2.05, 4.69) is 23.7 Å². The van der Waals surface area contributed by atoms with Gasteiger partial charge < -0.3 is 10.0 Å². The third-order valence-corrected chi connectivity index (χ3v) is 5.05. The van der Waals surface area contributed by atoms with Crippen molar-refractivity contribution >= 4 is 28.6 Å². The molecule has 2 aromatic rings. The van der Waals surface area contributed by atoms with Crippen LogP contribution < -0.4 is 0 Å². The van der Waals surface area contributed by atoms with Gasteiger partial charge in [0.15, 0.2) is 0 Å². The molecular weight excluding hydrogens is 292 g/mol. The van der Waals surface area contributed by atoms with Crippen LogP contribution in [0.15, 0.2) is 16.8 Å². The lowest BCUT2D eigenvalue weighted by molar-refractivity contribution is 0.0697. The molecule has 2 rings (SSSR count). The van der Waals surface area contributed by atoms with E-state index in [1.54, 1.807) is 22.8 Å². The molecule has 0 aliphatic rings. The third-order valence-electron chi connectivity index (χ3n) is 3.19. The third kappa shape index (κ3) is 3.65. The standard InChI is InChI=1S/C14H18N2O2S2/c1-3-16(4-2)6-5-13-15-11(9-20-13)12-7-10(8-19-12)14(17)18/h7-9H,3-6H2,1-2H3,(H,17,18). The van der Waals surface area contributed by atoms with Gasteiger partial charge in [0.1, 0.15) is 0 Å². The summed E-state index contributed by atoms with van der Waals surface area (Å²) in [5.74, 6) is -0.885. The summed E-state index contributed by atoms with van der Waals surface area (Å²) in [6.45, 7) is 7.46. The number of aromatic nitrogens is 1. The Labute approximate surface area is 126 Å². The van der Waals surface area contributed by atoms with E-state index in [4.69, 9.17) is 5.11 Å². The average Bonchev–Trinajstić information content (AvgIpc) is 3.08. The van der Waals surface area contributed by atoms with Gasteiger partial charge in [0, 0.05) is 23.7 Å². The Morgan fingerprint density at radius 3 is 2.65 bits per heavy atom. The summed E-state index contributed by atoms with van der Waals surface area (Å²) in [4.78, 5) is 18.8. The fraction of sp³-hybridized carbons (Fsp3) is 0.429. The Hall–Kier alpha value is -1.24. The molecule has 20 heavy (non-hydrogen) atoms. The molecule has 0 saturated carbocycles.